The van der Waals surface area contributed by atoms with E-state index in [0.717, 1.165) is 0 Å². The maximum atomic E-state index is 3.73. The normalized spacial score (nSPS) is 30.8. The van der Waals surface area contributed by atoms with Crippen LogP contribution in [0.25, 0.3) is 0 Å². The van der Waals surface area contributed by atoms with Crippen molar-refractivity contribution in [2.75, 3.05) is 26.7 Å². The van der Waals surface area contributed by atoms with Crippen LogP contribution in [0.3, 0.4) is 0 Å². The summed E-state index contributed by atoms with van der Waals surface area (Å²) < 4.78 is 0. The van der Waals surface area contributed by atoms with Crippen LogP contribution in [0.1, 0.15) is 32.1 Å². The predicted octanol–water partition coefficient (Wildman–Crippen LogP) is 1.22. The van der Waals surface area contributed by atoms with Gasteiger partial charge in [0.2, 0.25) is 0 Å². The Labute approximate surface area is 75.3 Å². The van der Waals surface area contributed by atoms with Crippen LogP contribution in [-0.4, -0.2) is 37.1 Å². The van der Waals surface area contributed by atoms with E-state index in [4.69, 9.17) is 0 Å². The highest BCUT2D eigenvalue weighted by Crippen LogP contribution is 2.29. The lowest BCUT2D eigenvalue weighted by Gasteiger charge is -2.44. The highest BCUT2D eigenvalue weighted by molar-refractivity contribution is 4.94. The van der Waals surface area contributed by atoms with Gasteiger partial charge in [-0.05, 0) is 52.4 Å². The molecule has 0 amide bonds. The van der Waals surface area contributed by atoms with Gasteiger partial charge < -0.3 is 10.2 Å². The number of nitrogens with zero attached hydrogens (tertiary/aromatic N) is 1. The quantitative estimate of drug-likeness (QED) is 0.585. The van der Waals surface area contributed by atoms with Crippen LogP contribution in [0, 0.1) is 0 Å². The lowest BCUT2D eigenvalue weighted by atomic mass is 9.81. The molecule has 2 heteroatoms. The first kappa shape index (κ1) is 8.52. The number of nitrogens with one attached hydrogen (secondary N) is 1. The molecule has 2 heterocycles. The molecule has 0 unspecified atom stereocenters. The average Bonchev–Trinajstić information content (AvgIpc) is 2.13. The van der Waals surface area contributed by atoms with Crippen LogP contribution in [0.2, 0.25) is 0 Å². The summed E-state index contributed by atoms with van der Waals surface area (Å²) in [5.74, 6) is 0. The number of piperidine rings is 2. The highest BCUT2D eigenvalue weighted by Gasteiger charge is 2.33. The van der Waals surface area contributed by atoms with Gasteiger partial charge in [-0.25, -0.2) is 0 Å². The second-order valence-corrected chi connectivity index (χ2v) is 4.47. The topological polar surface area (TPSA) is 15.3 Å². The number of rotatable bonds is 0. The summed E-state index contributed by atoms with van der Waals surface area (Å²) in [7, 11) is 2.23. The summed E-state index contributed by atoms with van der Waals surface area (Å²) in [4.78, 5) is 2.45. The number of likely N-dealkylation sites (tertiary alicyclic amines) is 1. The highest BCUT2D eigenvalue weighted by atomic mass is 15.1. The molecule has 1 spiro atoms. The summed E-state index contributed by atoms with van der Waals surface area (Å²) in [6.45, 7) is 3.82. The van der Waals surface area contributed by atoms with Crippen molar-refractivity contribution in [2.24, 2.45) is 0 Å². The van der Waals surface area contributed by atoms with E-state index in [-0.39, 0.29) is 0 Å². The molecule has 0 aliphatic carbocycles. The van der Waals surface area contributed by atoms with Crippen LogP contribution < -0.4 is 5.32 Å². The molecule has 2 aliphatic rings. The van der Waals surface area contributed by atoms with Gasteiger partial charge in [-0.15, -0.1) is 0 Å². The second-order valence-electron chi connectivity index (χ2n) is 4.47. The minimum Gasteiger partial charge on any atom is -0.311 e. The van der Waals surface area contributed by atoms with Crippen molar-refractivity contribution in [3.8, 4) is 0 Å². The van der Waals surface area contributed by atoms with Gasteiger partial charge >= 0.3 is 0 Å². The Morgan fingerprint density at radius 3 is 2.42 bits per heavy atom. The Kier molecular flexibility index (Phi) is 2.37. The zero-order valence-electron chi connectivity index (χ0n) is 8.10. The maximum Gasteiger partial charge on any atom is 0.0205 e. The standard InChI is InChI=1S/C10H20N2/c1-12-8-5-10(6-9-12)4-2-3-7-11-10/h11H,2-9H2,1H3. The first-order chi connectivity index (χ1) is 5.81. The van der Waals surface area contributed by atoms with E-state index in [1.54, 1.807) is 0 Å². The van der Waals surface area contributed by atoms with Gasteiger partial charge in [0.15, 0.2) is 0 Å². The maximum absolute atomic E-state index is 3.73. The molecule has 0 aromatic carbocycles. The van der Waals surface area contributed by atoms with Crippen LogP contribution >= 0.6 is 0 Å². The second kappa shape index (κ2) is 3.35. The van der Waals surface area contributed by atoms with Crippen molar-refractivity contribution in [2.45, 2.75) is 37.6 Å². The fourth-order valence-electron chi connectivity index (χ4n) is 2.50. The minimum atomic E-state index is 0.546. The first-order valence-corrected chi connectivity index (χ1v) is 5.24. The molecule has 0 radical (unpaired) electrons. The monoisotopic (exact) mass is 168 g/mol. The fourth-order valence-corrected chi connectivity index (χ4v) is 2.50. The van der Waals surface area contributed by atoms with E-state index >= 15 is 0 Å². The van der Waals surface area contributed by atoms with Gasteiger partial charge in [-0.1, -0.05) is 6.42 Å². The third kappa shape index (κ3) is 1.64. The van der Waals surface area contributed by atoms with Crippen LogP contribution in [0.4, 0.5) is 0 Å². The third-order valence-electron chi connectivity index (χ3n) is 3.53. The van der Waals surface area contributed by atoms with E-state index < -0.39 is 0 Å². The summed E-state index contributed by atoms with van der Waals surface area (Å²) in [6, 6.07) is 0. The van der Waals surface area contributed by atoms with Crippen molar-refractivity contribution in [3.63, 3.8) is 0 Å². The molecule has 2 aliphatic heterocycles. The lowest BCUT2D eigenvalue weighted by Crippen LogP contribution is -2.54. The molecular formula is C10H20N2. The molecule has 2 saturated heterocycles. The summed E-state index contributed by atoms with van der Waals surface area (Å²) in [5, 5.41) is 3.73. The van der Waals surface area contributed by atoms with Gasteiger partial charge in [-0.2, -0.15) is 0 Å². The van der Waals surface area contributed by atoms with Crippen LogP contribution in [0.5, 0.6) is 0 Å². The third-order valence-corrected chi connectivity index (χ3v) is 3.53. The molecule has 0 aromatic heterocycles. The molecule has 2 rings (SSSR count). The van der Waals surface area contributed by atoms with Crippen molar-refractivity contribution >= 4 is 0 Å². The Morgan fingerprint density at radius 2 is 1.83 bits per heavy atom. The first-order valence-electron chi connectivity index (χ1n) is 5.24. The Hall–Kier alpha value is -0.0800. The van der Waals surface area contributed by atoms with Crippen molar-refractivity contribution in [3.05, 3.63) is 0 Å². The molecule has 0 aromatic rings. The summed E-state index contributed by atoms with van der Waals surface area (Å²) >= 11 is 0. The predicted molar refractivity (Wildman–Crippen MR) is 51.3 cm³/mol. The molecule has 2 nitrogen and oxygen atoms in total. The van der Waals surface area contributed by atoms with Gasteiger partial charge in [0.1, 0.15) is 0 Å². The van der Waals surface area contributed by atoms with Crippen molar-refractivity contribution < 1.29 is 0 Å². The summed E-state index contributed by atoms with van der Waals surface area (Å²) in [6.07, 6.45) is 6.97. The minimum absolute atomic E-state index is 0.546. The Balaban J connectivity index is 1.92. The van der Waals surface area contributed by atoms with Gasteiger partial charge in [-0.3, -0.25) is 0 Å². The van der Waals surface area contributed by atoms with Gasteiger partial charge in [0.05, 0.1) is 0 Å². The summed E-state index contributed by atoms with van der Waals surface area (Å²) in [5.41, 5.74) is 0.546. The van der Waals surface area contributed by atoms with Crippen LogP contribution in [0.15, 0.2) is 0 Å². The zero-order chi connectivity index (χ0) is 8.44. The van der Waals surface area contributed by atoms with E-state index in [0.29, 0.717) is 5.54 Å². The van der Waals surface area contributed by atoms with E-state index in [1.165, 1.54) is 51.7 Å². The van der Waals surface area contributed by atoms with Gasteiger partial charge in [0.25, 0.3) is 0 Å². The van der Waals surface area contributed by atoms with Crippen LogP contribution in [-0.2, 0) is 0 Å². The van der Waals surface area contributed by atoms with E-state index in [2.05, 4.69) is 17.3 Å². The zero-order valence-corrected chi connectivity index (χ0v) is 8.10. The smallest absolute Gasteiger partial charge is 0.0205 e. The van der Waals surface area contributed by atoms with Crippen molar-refractivity contribution in [1.29, 1.82) is 0 Å². The average molecular weight is 168 g/mol. The molecule has 70 valence electrons. The number of hydrogen-bond acceptors (Lipinski definition) is 2. The molecule has 1 N–H and O–H groups in total. The molecule has 0 atom stereocenters. The fraction of sp³-hybridized carbons (Fsp3) is 1.00. The SMILES string of the molecule is CN1CCC2(CCCCN2)CC1. The Morgan fingerprint density at radius 1 is 1.08 bits per heavy atom. The molecular weight excluding hydrogens is 148 g/mol. The lowest BCUT2D eigenvalue weighted by molar-refractivity contribution is 0.129. The largest absolute Gasteiger partial charge is 0.311 e. The molecule has 0 saturated carbocycles. The molecule has 12 heavy (non-hydrogen) atoms. The number of hydrogen-bond donors (Lipinski definition) is 1. The van der Waals surface area contributed by atoms with E-state index in [1.807, 2.05) is 0 Å². The molecule has 0 bridgehead atoms. The van der Waals surface area contributed by atoms with E-state index in [9.17, 15) is 0 Å². The molecule has 2 fully saturated rings. The van der Waals surface area contributed by atoms with Gasteiger partial charge in [0, 0.05) is 5.54 Å². The van der Waals surface area contributed by atoms with Crippen molar-refractivity contribution in [1.82, 2.24) is 10.2 Å². The Bertz CT molecular complexity index is 140.